The predicted molar refractivity (Wildman–Crippen MR) is 63.8 cm³/mol. The van der Waals surface area contributed by atoms with E-state index < -0.39 is 10.8 Å². The smallest absolute Gasteiger partial charge is 0.220 e. The van der Waals surface area contributed by atoms with Crippen molar-refractivity contribution >= 4 is 39.1 Å². The number of halogens is 1. The van der Waals surface area contributed by atoms with Crippen LogP contribution < -0.4 is 5.73 Å². The third-order valence-electron chi connectivity index (χ3n) is 2.18. The summed E-state index contributed by atoms with van der Waals surface area (Å²) in [7, 11) is -1.28. The summed E-state index contributed by atoms with van der Waals surface area (Å²) in [6.45, 7) is 1.78. The van der Waals surface area contributed by atoms with Gasteiger partial charge in [-0.15, -0.1) is 0 Å². The van der Waals surface area contributed by atoms with E-state index in [1.165, 1.54) is 12.5 Å². The SMILES string of the molecule is Cc1c(Cl)ncc2c(N)nc(S(C)=O)nc12. The van der Waals surface area contributed by atoms with Crippen LogP contribution in [0, 0.1) is 6.92 Å². The highest BCUT2D eigenvalue weighted by molar-refractivity contribution is 7.84. The molecule has 2 aromatic heterocycles. The highest BCUT2D eigenvalue weighted by Gasteiger charge is 2.12. The molecular weight excluding hydrogens is 248 g/mol. The Hall–Kier alpha value is -1.27. The Morgan fingerprint density at radius 1 is 1.44 bits per heavy atom. The van der Waals surface area contributed by atoms with Gasteiger partial charge in [0.15, 0.2) is 0 Å². The van der Waals surface area contributed by atoms with Crippen LogP contribution in [0.3, 0.4) is 0 Å². The Morgan fingerprint density at radius 3 is 2.75 bits per heavy atom. The van der Waals surface area contributed by atoms with Gasteiger partial charge in [-0.3, -0.25) is 4.21 Å². The lowest BCUT2D eigenvalue weighted by atomic mass is 10.2. The summed E-state index contributed by atoms with van der Waals surface area (Å²) in [5.41, 5.74) is 7.05. The van der Waals surface area contributed by atoms with Crippen LogP contribution in [-0.4, -0.2) is 25.4 Å². The number of anilines is 1. The summed E-state index contributed by atoms with van der Waals surface area (Å²) < 4.78 is 11.3. The molecule has 2 rings (SSSR count). The fourth-order valence-corrected chi connectivity index (χ4v) is 1.91. The second kappa shape index (κ2) is 3.95. The first-order valence-corrected chi connectivity index (χ1v) is 6.36. The van der Waals surface area contributed by atoms with E-state index in [0.29, 0.717) is 21.6 Å². The van der Waals surface area contributed by atoms with Gasteiger partial charge >= 0.3 is 0 Å². The zero-order valence-corrected chi connectivity index (χ0v) is 10.3. The van der Waals surface area contributed by atoms with Crippen LogP contribution in [0.15, 0.2) is 11.4 Å². The van der Waals surface area contributed by atoms with Gasteiger partial charge in [0.2, 0.25) is 5.16 Å². The number of hydrogen-bond donors (Lipinski definition) is 1. The second-order valence-electron chi connectivity index (χ2n) is 3.28. The van der Waals surface area contributed by atoms with E-state index in [-0.39, 0.29) is 11.0 Å². The quantitative estimate of drug-likeness (QED) is 0.614. The van der Waals surface area contributed by atoms with Gasteiger partial charge in [-0.25, -0.2) is 15.0 Å². The normalized spacial score (nSPS) is 12.9. The lowest BCUT2D eigenvalue weighted by Crippen LogP contribution is -2.03. The maximum absolute atomic E-state index is 11.3. The average molecular weight is 257 g/mol. The maximum atomic E-state index is 11.3. The van der Waals surface area contributed by atoms with Crippen molar-refractivity contribution < 1.29 is 4.21 Å². The molecule has 1 unspecified atom stereocenters. The van der Waals surface area contributed by atoms with Crippen molar-refractivity contribution in [1.29, 1.82) is 0 Å². The summed E-state index contributed by atoms with van der Waals surface area (Å²) >= 11 is 5.88. The maximum Gasteiger partial charge on any atom is 0.220 e. The number of rotatable bonds is 1. The third kappa shape index (κ3) is 1.74. The lowest BCUT2D eigenvalue weighted by molar-refractivity contribution is 0.680. The Kier molecular flexibility index (Phi) is 2.77. The van der Waals surface area contributed by atoms with Gasteiger partial charge in [0.1, 0.15) is 11.0 Å². The van der Waals surface area contributed by atoms with E-state index >= 15 is 0 Å². The van der Waals surface area contributed by atoms with Gasteiger partial charge in [-0.05, 0) is 6.92 Å². The number of aromatic nitrogens is 3. The van der Waals surface area contributed by atoms with Crippen LogP contribution in [0.25, 0.3) is 10.9 Å². The van der Waals surface area contributed by atoms with E-state index in [2.05, 4.69) is 15.0 Å². The highest BCUT2D eigenvalue weighted by Crippen LogP contribution is 2.24. The summed E-state index contributed by atoms with van der Waals surface area (Å²) in [5, 5.41) is 1.19. The highest BCUT2D eigenvalue weighted by atomic mass is 35.5. The molecule has 0 radical (unpaired) electrons. The molecule has 0 aliphatic carbocycles. The fourth-order valence-electron chi connectivity index (χ4n) is 1.32. The van der Waals surface area contributed by atoms with Crippen molar-refractivity contribution in [2.24, 2.45) is 0 Å². The largest absolute Gasteiger partial charge is 0.383 e. The number of nitrogens with two attached hydrogens (primary N) is 1. The van der Waals surface area contributed by atoms with Gasteiger partial charge in [-0.2, -0.15) is 0 Å². The molecule has 5 nitrogen and oxygen atoms in total. The van der Waals surface area contributed by atoms with Crippen LogP contribution in [0.1, 0.15) is 5.56 Å². The summed E-state index contributed by atoms with van der Waals surface area (Å²) in [6.07, 6.45) is 3.01. The first-order chi connectivity index (χ1) is 7.50. The number of pyridine rings is 1. The summed E-state index contributed by atoms with van der Waals surface area (Å²) in [5.74, 6) is 0.266. The molecular formula is C9H9ClN4OS. The molecule has 0 aliphatic heterocycles. The first-order valence-electron chi connectivity index (χ1n) is 4.42. The number of aryl methyl sites for hydroxylation is 1. The van der Waals surface area contributed by atoms with Crippen LogP contribution in [-0.2, 0) is 10.8 Å². The molecule has 2 aromatic rings. The Balaban J connectivity index is 2.88. The molecule has 0 saturated heterocycles. The summed E-state index contributed by atoms with van der Waals surface area (Å²) in [4.78, 5) is 12.1. The molecule has 84 valence electrons. The minimum atomic E-state index is -1.28. The lowest BCUT2D eigenvalue weighted by Gasteiger charge is -2.06. The average Bonchev–Trinajstić information content (AvgIpc) is 2.23. The predicted octanol–water partition coefficient (Wildman–Crippen LogP) is 1.31. The summed E-state index contributed by atoms with van der Waals surface area (Å²) in [6, 6.07) is 0. The monoisotopic (exact) mass is 256 g/mol. The first kappa shape index (κ1) is 11.2. The third-order valence-corrected chi connectivity index (χ3v) is 3.26. The van der Waals surface area contributed by atoms with E-state index in [4.69, 9.17) is 17.3 Å². The molecule has 7 heteroatoms. The van der Waals surface area contributed by atoms with E-state index in [1.807, 2.05) is 0 Å². The molecule has 0 aromatic carbocycles. The number of nitrogens with zero attached hydrogens (tertiary/aromatic N) is 3. The van der Waals surface area contributed by atoms with E-state index in [1.54, 1.807) is 6.92 Å². The van der Waals surface area contributed by atoms with Crippen LogP contribution in [0.5, 0.6) is 0 Å². The Labute approximate surface area is 99.5 Å². The van der Waals surface area contributed by atoms with Crippen molar-refractivity contribution in [3.63, 3.8) is 0 Å². The number of hydrogen-bond acceptors (Lipinski definition) is 5. The second-order valence-corrected chi connectivity index (χ2v) is 4.91. The molecule has 0 aliphatic rings. The number of nitrogen functional groups attached to an aromatic ring is 1. The van der Waals surface area contributed by atoms with Gasteiger partial charge in [0.25, 0.3) is 0 Å². The Morgan fingerprint density at radius 2 is 2.12 bits per heavy atom. The van der Waals surface area contributed by atoms with Gasteiger partial charge in [0.05, 0.1) is 21.7 Å². The minimum absolute atomic E-state index is 0.204. The fraction of sp³-hybridized carbons (Fsp3) is 0.222. The van der Waals surface area contributed by atoms with Crippen molar-refractivity contribution in [2.75, 3.05) is 12.0 Å². The van der Waals surface area contributed by atoms with Crippen LogP contribution in [0.4, 0.5) is 5.82 Å². The van der Waals surface area contributed by atoms with Crippen molar-refractivity contribution in [3.05, 3.63) is 16.9 Å². The van der Waals surface area contributed by atoms with Crippen molar-refractivity contribution in [1.82, 2.24) is 15.0 Å². The topological polar surface area (TPSA) is 81.8 Å². The molecule has 0 bridgehead atoms. The van der Waals surface area contributed by atoms with Gasteiger partial charge < -0.3 is 5.73 Å². The minimum Gasteiger partial charge on any atom is -0.383 e. The van der Waals surface area contributed by atoms with Gasteiger partial charge in [-0.1, -0.05) is 11.6 Å². The molecule has 0 saturated carbocycles. The van der Waals surface area contributed by atoms with E-state index in [0.717, 1.165) is 0 Å². The zero-order chi connectivity index (χ0) is 11.9. The molecule has 1 atom stereocenters. The Bertz CT molecular complexity index is 602. The molecule has 0 amide bonds. The molecule has 16 heavy (non-hydrogen) atoms. The van der Waals surface area contributed by atoms with Crippen LogP contribution in [0.2, 0.25) is 5.15 Å². The van der Waals surface area contributed by atoms with Crippen LogP contribution >= 0.6 is 11.6 Å². The standard InChI is InChI=1S/C9H9ClN4OS/c1-4-6-5(3-12-7(4)10)8(11)14-9(13-6)16(2)15/h3H,1-2H3,(H2,11,13,14). The van der Waals surface area contributed by atoms with Crippen molar-refractivity contribution in [3.8, 4) is 0 Å². The van der Waals surface area contributed by atoms with Gasteiger partial charge in [0, 0.05) is 18.0 Å². The van der Waals surface area contributed by atoms with E-state index in [9.17, 15) is 4.21 Å². The molecule has 2 heterocycles. The number of fused-ring (bicyclic) bond motifs is 1. The van der Waals surface area contributed by atoms with Crippen molar-refractivity contribution in [2.45, 2.75) is 12.1 Å². The zero-order valence-electron chi connectivity index (χ0n) is 8.69. The molecule has 0 spiro atoms. The molecule has 2 N–H and O–H groups in total. The molecule has 0 fully saturated rings.